The molecule has 0 amide bonds. The van der Waals surface area contributed by atoms with E-state index in [-0.39, 0.29) is 5.78 Å². The number of ketones is 1. The molecule has 0 radical (unpaired) electrons. The van der Waals surface area contributed by atoms with Crippen LogP contribution in [0.5, 0.6) is 0 Å². The molecule has 0 saturated heterocycles. The number of H-pyrrole nitrogens is 1. The minimum atomic E-state index is -0.417. The third kappa shape index (κ3) is 3.67. The van der Waals surface area contributed by atoms with E-state index in [0.717, 1.165) is 11.3 Å². The highest BCUT2D eigenvalue weighted by Crippen LogP contribution is 2.21. The highest BCUT2D eigenvalue weighted by atomic mass is 16.5. The normalized spacial score (nSPS) is 11.9. The summed E-state index contributed by atoms with van der Waals surface area (Å²) in [5.74, 6) is -0.492. The molecule has 0 bridgehead atoms. The fraction of sp³-hybridized carbons (Fsp3) is 0.368. The smallest absolute Gasteiger partial charge is 0.340 e. The number of ether oxygens (including phenoxy) is 1. The van der Waals surface area contributed by atoms with Gasteiger partial charge in [0.1, 0.15) is 0 Å². The lowest BCUT2D eigenvalue weighted by Crippen LogP contribution is -2.27. The summed E-state index contributed by atoms with van der Waals surface area (Å²) in [6, 6.07) is 7.44. The number of nitrogens with one attached hydrogen (secondary N) is 2. The molecule has 0 aliphatic carbocycles. The molecular weight excluding hydrogens is 304 g/mol. The lowest BCUT2D eigenvalue weighted by Gasteiger charge is -2.14. The summed E-state index contributed by atoms with van der Waals surface area (Å²) in [7, 11) is 0. The van der Waals surface area contributed by atoms with E-state index < -0.39 is 12.0 Å². The van der Waals surface area contributed by atoms with E-state index in [1.165, 1.54) is 0 Å². The predicted octanol–water partition coefficient (Wildman–Crippen LogP) is 3.80. The standard InChI is InChI=1S/C19H24N2O3/c1-6-24-19(23)16-12(3)17(21-13(16)4)18(22)14(5)20-15-9-7-11(2)8-10-15/h7-10,14,20-21H,6H2,1-5H3/t14-/m0/s1. The van der Waals surface area contributed by atoms with Crippen molar-refractivity contribution in [3.05, 3.63) is 52.3 Å². The molecule has 0 unspecified atom stereocenters. The van der Waals surface area contributed by atoms with Crippen LogP contribution in [0, 0.1) is 20.8 Å². The molecule has 0 spiro atoms. The molecule has 24 heavy (non-hydrogen) atoms. The van der Waals surface area contributed by atoms with Crippen LogP contribution in [0.25, 0.3) is 0 Å². The summed E-state index contributed by atoms with van der Waals surface area (Å²) in [4.78, 5) is 27.8. The number of carbonyl (C=O) groups excluding carboxylic acids is 2. The van der Waals surface area contributed by atoms with Crippen LogP contribution in [-0.2, 0) is 4.74 Å². The van der Waals surface area contributed by atoms with Gasteiger partial charge in [-0.05, 0) is 52.3 Å². The fourth-order valence-corrected chi connectivity index (χ4v) is 2.69. The number of benzene rings is 1. The van der Waals surface area contributed by atoms with Gasteiger partial charge >= 0.3 is 5.97 Å². The molecule has 2 aromatic rings. The fourth-order valence-electron chi connectivity index (χ4n) is 2.69. The molecule has 0 saturated carbocycles. The maximum absolute atomic E-state index is 12.7. The molecule has 1 aromatic heterocycles. The first-order valence-corrected chi connectivity index (χ1v) is 8.08. The first-order chi connectivity index (χ1) is 11.3. The second-order valence-electron chi connectivity index (χ2n) is 5.94. The largest absolute Gasteiger partial charge is 0.462 e. The third-order valence-corrected chi connectivity index (χ3v) is 3.99. The van der Waals surface area contributed by atoms with Crippen molar-refractivity contribution in [2.45, 2.75) is 40.7 Å². The first-order valence-electron chi connectivity index (χ1n) is 8.08. The van der Waals surface area contributed by atoms with Crippen LogP contribution in [-0.4, -0.2) is 29.4 Å². The van der Waals surface area contributed by atoms with Crippen LogP contribution >= 0.6 is 0 Å². The van der Waals surface area contributed by atoms with Crippen molar-refractivity contribution in [1.29, 1.82) is 0 Å². The number of esters is 1. The summed E-state index contributed by atoms with van der Waals surface area (Å²) in [6.07, 6.45) is 0. The summed E-state index contributed by atoms with van der Waals surface area (Å²) < 4.78 is 5.06. The van der Waals surface area contributed by atoms with E-state index >= 15 is 0 Å². The quantitative estimate of drug-likeness (QED) is 0.625. The number of anilines is 1. The van der Waals surface area contributed by atoms with Gasteiger partial charge in [-0.15, -0.1) is 0 Å². The zero-order chi connectivity index (χ0) is 17.9. The summed E-state index contributed by atoms with van der Waals surface area (Å²) >= 11 is 0. The van der Waals surface area contributed by atoms with Crippen molar-refractivity contribution in [3.8, 4) is 0 Å². The monoisotopic (exact) mass is 328 g/mol. The van der Waals surface area contributed by atoms with Crippen molar-refractivity contribution in [3.63, 3.8) is 0 Å². The lowest BCUT2D eigenvalue weighted by molar-refractivity contribution is 0.0525. The number of aromatic nitrogens is 1. The van der Waals surface area contributed by atoms with Gasteiger partial charge in [-0.2, -0.15) is 0 Å². The van der Waals surface area contributed by atoms with Gasteiger partial charge in [0.25, 0.3) is 0 Å². The topological polar surface area (TPSA) is 71.2 Å². The molecule has 1 aromatic carbocycles. The average Bonchev–Trinajstić information content (AvgIpc) is 2.83. The highest BCUT2D eigenvalue weighted by molar-refractivity contribution is 6.04. The Morgan fingerprint density at radius 3 is 2.38 bits per heavy atom. The van der Waals surface area contributed by atoms with Crippen molar-refractivity contribution in [2.75, 3.05) is 11.9 Å². The van der Waals surface area contributed by atoms with E-state index in [1.54, 1.807) is 20.8 Å². The predicted molar refractivity (Wildman–Crippen MR) is 94.8 cm³/mol. The third-order valence-electron chi connectivity index (χ3n) is 3.99. The molecule has 1 heterocycles. The molecule has 1 atom stereocenters. The van der Waals surface area contributed by atoms with Crippen LogP contribution in [0.3, 0.4) is 0 Å². The highest BCUT2D eigenvalue weighted by Gasteiger charge is 2.25. The van der Waals surface area contributed by atoms with Gasteiger partial charge < -0.3 is 15.0 Å². The van der Waals surface area contributed by atoms with E-state index in [1.807, 2.05) is 38.1 Å². The number of rotatable bonds is 6. The van der Waals surface area contributed by atoms with E-state index in [2.05, 4.69) is 10.3 Å². The molecule has 0 aliphatic rings. The Hall–Kier alpha value is -2.56. The van der Waals surface area contributed by atoms with E-state index in [0.29, 0.717) is 29.1 Å². The Bertz CT molecular complexity index is 745. The second kappa shape index (κ2) is 7.34. The number of hydrogen-bond acceptors (Lipinski definition) is 4. The summed E-state index contributed by atoms with van der Waals surface area (Å²) in [6.45, 7) is 9.42. The van der Waals surface area contributed by atoms with Crippen LogP contribution < -0.4 is 5.32 Å². The van der Waals surface area contributed by atoms with Crippen LogP contribution in [0.2, 0.25) is 0 Å². The molecule has 2 rings (SSSR count). The number of hydrogen-bond donors (Lipinski definition) is 2. The van der Waals surface area contributed by atoms with E-state index in [9.17, 15) is 9.59 Å². The Kier molecular flexibility index (Phi) is 5.44. The molecular formula is C19H24N2O3. The molecule has 128 valence electrons. The average molecular weight is 328 g/mol. The van der Waals surface area contributed by atoms with Gasteiger partial charge in [0, 0.05) is 11.4 Å². The molecule has 0 fully saturated rings. The zero-order valence-corrected chi connectivity index (χ0v) is 14.8. The number of Topliss-reactive ketones (excluding diaryl/α,β-unsaturated/α-hetero) is 1. The Morgan fingerprint density at radius 1 is 1.17 bits per heavy atom. The maximum atomic E-state index is 12.7. The molecule has 5 heteroatoms. The van der Waals surface area contributed by atoms with Crippen LogP contribution in [0.15, 0.2) is 24.3 Å². The number of aromatic amines is 1. The van der Waals surface area contributed by atoms with Crippen molar-refractivity contribution >= 4 is 17.4 Å². The van der Waals surface area contributed by atoms with Gasteiger partial charge in [0.05, 0.1) is 23.9 Å². The Morgan fingerprint density at radius 2 is 1.79 bits per heavy atom. The minimum Gasteiger partial charge on any atom is -0.462 e. The van der Waals surface area contributed by atoms with Gasteiger partial charge in [0.2, 0.25) is 5.78 Å². The molecule has 2 N–H and O–H groups in total. The Balaban J connectivity index is 2.21. The van der Waals surface area contributed by atoms with Crippen molar-refractivity contribution < 1.29 is 14.3 Å². The van der Waals surface area contributed by atoms with E-state index in [4.69, 9.17) is 4.74 Å². The van der Waals surface area contributed by atoms with Gasteiger partial charge in [-0.3, -0.25) is 4.79 Å². The minimum absolute atomic E-state index is 0.0910. The van der Waals surface area contributed by atoms with Crippen LogP contribution in [0.1, 0.15) is 51.5 Å². The van der Waals surface area contributed by atoms with Crippen molar-refractivity contribution in [2.24, 2.45) is 0 Å². The van der Waals surface area contributed by atoms with Crippen LogP contribution in [0.4, 0.5) is 5.69 Å². The summed E-state index contributed by atoms with van der Waals surface area (Å²) in [5, 5.41) is 3.19. The maximum Gasteiger partial charge on any atom is 0.340 e. The molecule has 5 nitrogen and oxygen atoms in total. The lowest BCUT2D eigenvalue weighted by atomic mass is 10.0. The van der Waals surface area contributed by atoms with Crippen molar-refractivity contribution in [1.82, 2.24) is 4.98 Å². The number of carbonyl (C=O) groups is 2. The Labute approximate surface area is 142 Å². The van der Waals surface area contributed by atoms with Gasteiger partial charge in [-0.25, -0.2) is 4.79 Å². The SMILES string of the molecule is CCOC(=O)c1c(C)[nH]c(C(=O)[C@H](C)Nc2ccc(C)cc2)c1C. The number of aryl methyl sites for hydroxylation is 2. The summed E-state index contributed by atoms with van der Waals surface area (Å²) in [5.41, 5.74) is 4.22. The van der Waals surface area contributed by atoms with Gasteiger partial charge in [0.15, 0.2) is 0 Å². The van der Waals surface area contributed by atoms with Gasteiger partial charge in [-0.1, -0.05) is 17.7 Å². The zero-order valence-electron chi connectivity index (χ0n) is 14.8. The first kappa shape index (κ1) is 17.8. The second-order valence-corrected chi connectivity index (χ2v) is 5.94. The molecule has 0 aliphatic heterocycles.